The zero-order valence-electron chi connectivity index (χ0n) is 17.7. The molecule has 0 aliphatic carbocycles. The van der Waals surface area contributed by atoms with Crippen LogP contribution in [0.1, 0.15) is 22.6 Å². The lowest BCUT2D eigenvalue weighted by Gasteiger charge is -2.13. The third-order valence-corrected chi connectivity index (χ3v) is 5.54. The molecule has 4 rings (SSSR count). The van der Waals surface area contributed by atoms with Crippen molar-refractivity contribution in [1.82, 2.24) is 19.2 Å². The number of nitrogens with two attached hydrogens (primary N) is 1. The first-order valence-electron chi connectivity index (χ1n) is 10.2. The summed E-state index contributed by atoms with van der Waals surface area (Å²) in [6, 6.07) is 8.42. The van der Waals surface area contributed by atoms with E-state index in [1.807, 2.05) is 42.9 Å². The van der Waals surface area contributed by atoms with Crippen LogP contribution in [-0.4, -0.2) is 37.4 Å². The quantitative estimate of drug-likeness (QED) is 0.455. The van der Waals surface area contributed by atoms with Crippen molar-refractivity contribution in [1.29, 1.82) is 0 Å². The molecule has 0 spiro atoms. The van der Waals surface area contributed by atoms with Gasteiger partial charge < -0.3 is 20.0 Å². The molecule has 0 bridgehead atoms. The monoisotopic (exact) mass is 423 g/mol. The topological polar surface area (TPSA) is 90.6 Å². The molecule has 3 heterocycles. The molecule has 7 nitrogen and oxygen atoms in total. The number of imidazole rings is 1. The maximum atomic E-state index is 14.0. The predicted octanol–water partition coefficient (Wildman–Crippen LogP) is 2.80. The van der Waals surface area contributed by atoms with E-state index < -0.39 is 0 Å². The minimum atomic E-state index is -0.361. The molecule has 1 aromatic carbocycles. The Morgan fingerprint density at radius 2 is 2.03 bits per heavy atom. The lowest BCUT2D eigenvalue weighted by Crippen LogP contribution is -2.06. The number of aliphatic hydroxyl groups is 1. The second-order valence-electron chi connectivity index (χ2n) is 7.47. The molecule has 0 radical (unpaired) electrons. The zero-order valence-corrected chi connectivity index (χ0v) is 17.7. The maximum absolute atomic E-state index is 14.0. The minimum Gasteiger partial charge on any atom is -0.492 e. The fourth-order valence-electron chi connectivity index (χ4n) is 3.81. The number of pyridine rings is 1. The summed E-state index contributed by atoms with van der Waals surface area (Å²) in [5.74, 6) is 0.104. The SMILES string of the molecule is Cc1c(CCOc2cc(F)ccc2-c2ccc3ncc(CCN)n3c2)c(CO)nn1C. The Morgan fingerprint density at radius 1 is 1.19 bits per heavy atom. The highest BCUT2D eigenvalue weighted by Gasteiger charge is 2.14. The molecule has 0 aliphatic rings. The standard InChI is InChI=1S/C23H26FN5O2/c1-15-19(21(14-30)27-28(15)2)8-10-31-22-11-17(24)4-5-20(22)16-3-6-23-26-12-18(7-9-25)29(23)13-16/h3-6,11-13,30H,7-10,14,25H2,1-2H3. The largest absolute Gasteiger partial charge is 0.492 e. The Bertz CT molecular complexity index is 1210. The Hall–Kier alpha value is -3.23. The molecule has 0 fully saturated rings. The van der Waals surface area contributed by atoms with Crippen molar-refractivity contribution in [2.24, 2.45) is 12.8 Å². The van der Waals surface area contributed by atoms with E-state index in [1.54, 1.807) is 10.7 Å². The van der Waals surface area contributed by atoms with Crippen LogP contribution in [0.3, 0.4) is 0 Å². The average molecular weight is 423 g/mol. The number of ether oxygens (including phenoxy) is 1. The number of nitrogens with zero attached hydrogens (tertiary/aromatic N) is 4. The van der Waals surface area contributed by atoms with Crippen molar-refractivity contribution in [3.8, 4) is 16.9 Å². The zero-order chi connectivity index (χ0) is 22.0. The summed E-state index contributed by atoms with van der Waals surface area (Å²) in [5, 5.41) is 13.9. The van der Waals surface area contributed by atoms with Gasteiger partial charge in [-0.05, 0) is 37.7 Å². The van der Waals surface area contributed by atoms with Crippen LogP contribution in [0.4, 0.5) is 4.39 Å². The van der Waals surface area contributed by atoms with Crippen LogP contribution in [0.25, 0.3) is 16.8 Å². The molecule has 8 heteroatoms. The van der Waals surface area contributed by atoms with Crippen LogP contribution in [-0.2, 0) is 26.5 Å². The highest BCUT2D eigenvalue weighted by Crippen LogP contribution is 2.31. The number of rotatable bonds is 8. The van der Waals surface area contributed by atoms with Crippen molar-refractivity contribution < 1.29 is 14.2 Å². The smallest absolute Gasteiger partial charge is 0.136 e. The Kier molecular flexibility index (Phi) is 6.01. The number of aryl methyl sites for hydroxylation is 1. The van der Waals surface area contributed by atoms with Crippen molar-refractivity contribution in [3.05, 3.63) is 71.2 Å². The van der Waals surface area contributed by atoms with Gasteiger partial charge in [0.1, 0.15) is 17.2 Å². The van der Waals surface area contributed by atoms with E-state index in [1.165, 1.54) is 12.1 Å². The predicted molar refractivity (Wildman–Crippen MR) is 116 cm³/mol. The van der Waals surface area contributed by atoms with Gasteiger partial charge in [0.2, 0.25) is 0 Å². The number of aromatic nitrogens is 4. The van der Waals surface area contributed by atoms with Crippen molar-refractivity contribution in [3.63, 3.8) is 0 Å². The molecule has 3 N–H and O–H groups in total. The van der Waals surface area contributed by atoms with E-state index in [-0.39, 0.29) is 12.4 Å². The van der Waals surface area contributed by atoms with E-state index in [9.17, 15) is 9.50 Å². The van der Waals surface area contributed by atoms with E-state index in [0.717, 1.165) is 40.1 Å². The first-order valence-corrected chi connectivity index (χ1v) is 10.2. The van der Waals surface area contributed by atoms with Crippen molar-refractivity contribution >= 4 is 5.65 Å². The highest BCUT2D eigenvalue weighted by atomic mass is 19.1. The van der Waals surface area contributed by atoms with Gasteiger partial charge in [0.05, 0.1) is 18.9 Å². The van der Waals surface area contributed by atoms with Crippen LogP contribution in [0, 0.1) is 12.7 Å². The lowest BCUT2D eigenvalue weighted by molar-refractivity contribution is 0.272. The normalized spacial score (nSPS) is 11.4. The van der Waals surface area contributed by atoms with Gasteiger partial charge in [-0.2, -0.15) is 5.10 Å². The average Bonchev–Trinajstić information content (AvgIpc) is 3.29. The number of hydrogen-bond acceptors (Lipinski definition) is 5. The Balaban J connectivity index is 1.61. The molecule has 0 saturated heterocycles. The van der Waals surface area contributed by atoms with Gasteiger partial charge in [0, 0.05) is 66.4 Å². The summed E-state index contributed by atoms with van der Waals surface area (Å²) < 4.78 is 23.8. The summed E-state index contributed by atoms with van der Waals surface area (Å²) in [7, 11) is 1.84. The fraction of sp³-hybridized carbons (Fsp3) is 0.304. The van der Waals surface area contributed by atoms with E-state index in [2.05, 4.69) is 10.1 Å². The van der Waals surface area contributed by atoms with E-state index in [4.69, 9.17) is 10.5 Å². The first-order chi connectivity index (χ1) is 15.0. The van der Waals surface area contributed by atoms with Gasteiger partial charge >= 0.3 is 0 Å². The number of aliphatic hydroxyl groups excluding tert-OH is 1. The molecule has 0 atom stereocenters. The van der Waals surface area contributed by atoms with Crippen LogP contribution >= 0.6 is 0 Å². The molecule has 162 valence electrons. The third-order valence-electron chi connectivity index (χ3n) is 5.54. The van der Waals surface area contributed by atoms with Crippen molar-refractivity contribution in [2.75, 3.05) is 13.2 Å². The molecule has 31 heavy (non-hydrogen) atoms. The number of hydrogen-bond donors (Lipinski definition) is 2. The molecular weight excluding hydrogens is 397 g/mol. The minimum absolute atomic E-state index is 0.127. The number of benzene rings is 1. The molecule has 0 saturated carbocycles. The summed E-state index contributed by atoms with van der Waals surface area (Å²) in [6.07, 6.45) is 5.08. The molecule has 4 aromatic rings. The van der Waals surface area contributed by atoms with Gasteiger partial charge in [-0.15, -0.1) is 0 Å². The molecule has 3 aromatic heterocycles. The van der Waals surface area contributed by atoms with Crippen LogP contribution in [0.5, 0.6) is 5.75 Å². The second-order valence-corrected chi connectivity index (χ2v) is 7.47. The summed E-state index contributed by atoms with van der Waals surface area (Å²) in [4.78, 5) is 4.41. The lowest BCUT2D eigenvalue weighted by atomic mass is 10.1. The fourth-order valence-corrected chi connectivity index (χ4v) is 3.81. The number of fused-ring (bicyclic) bond motifs is 1. The molecular formula is C23H26FN5O2. The van der Waals surface area contributed by atoms with E-state index >= 15 is 0 Å². The summed E-state index contributed by atoms with van der Waals surface area (Å²) in [5.41, 5.74) is 11.8. The Labute approximate surface area is 179 Å². The molecule has 0 unspecified atom stereocenters. The van der Waals surface area contributed by atoms with Gasteiger partial charge in [0.15, 0.2) is 0 Å². The first kappa shape index (κ1) is 21.0. The second kappa shape index (κ2) is 8.87. The van der Waals surface area contributed by atoms with Crippen LogP contribution in [0.15, 0.2) is 42.7 Å². The van der Waals surface area contributed by atoms with Crippen LogP contribution in [0.2, 0.25) is 0 Å². The summed E-state index contributed by atoms with van der Waals surface area (Å²) >= 11 is 0. The van der Waals surface area contributed by atoms with Gasteiger partial charge in [-0.1, -0.05) is 0 Å². The highest BCUT2D eigenvalue weighted by molar-refractivity contribution is 5.71. The molecule has 0 amide bonds. The van der Waals surface area contributed by atoms with Crippen LogP contribution < -0.4 is 10.5 Å². The Morgan fingerprint density at radius 3 is 2.81 bits per heavy atom. The maximum Gasteiger partial charge on any atom is 0.136 e. The van der Waals surface area contributed by atoms with Gasteiger partial charge in [0.25, 0.3) is 0 Å². The third kappa shape index (κ3) is 4.17. The molecule has 0 aliphatic heterocycles. The van der Waals surface area contributed by atoms with Gasteiger partial charge in [-0.3, -0.25) is 4.68 Å². The van der Waals surface area contributed by atoms with Crippen molar-refractivity contribution in [2.45, 2.75) is 26.4 Å². The number of halogens is 1. The van der Waals surface area contributed by atoms with E-state index in [0.29, 0.717) is 31.0 Å². The van der Waals surface area contributed by atoms with Gasteiger partial charge in [-0.25, -0.2) is 9.37 Å². The summed E-state index contributed by atoms with van der Waals surface area (Å²) in [6.45, 7) is 2.70.